The van der Waals surface area contributed by atoms with Crippen molar-refractivity contribution in [2.45, 2.75) is 162 Å². The number of fused-ring (bicyclic) bond motifs is 3. The molecule has 2 aliphatic rings. The van der Waals surface area contributed by atoms with Crippen molar-refractivity contribution in [3.8, 4) is 44.5 Å². The molecular weight excluding hydrogens is 819 g/mol. The zero-order valence-corrected chi connectivity index (χ0v) is 43.9. The minimum Gasteiger partial charge on any atom is -0.310 e. The van der Waals surface area contributed by atoms with E-state index in [4.69, 9.17) is 0 Å². The molecule has 0 saturated heterocycles. The van der Waals surface area contributed by atoms with Crippen LogP contribution in [0, 0.1) is 0 Å². The van der Waals surface area contributed by atoms with Gasteiger partial charge in [-0.05, 0) is 161 Å². The minimum atomic E-state index is -0.140. The summed E-state index contributed by atoms with van der Waals surface area (Å²) in [5.74, 6) is 0.582. The quantitative estimate of drug-likeness (QED) is 0.154. The molecule has 350 valence electrons. The van der Waals surface area contributed by atoms with E-state index < -0.39 is 0 Å². The second-order valence-electron chi connectivity index (χ2n) is 25.0. The summed E-state index contributed by atoms with van der Waals surface area (Å²) in [6.07, 6.45) is 6.48. The lowest BCUT2D eigenvalue weighted by Crippen LogP contribution is -2.18. The second kappa shape index (κ2) is 17.4. The van der Waals surface area contributed by atoms with Gasteiger partial charge < -0.3 is 4.90 Å². The summed E-state index contributed by atoms with van der Waals surface area (Å²) in [6.45, 7) is 33.1. The number of benzene rings is 7. The molecule has 0 heterocycles. The van der Waals surface area contributed by atoms with Gasteiger partial charge in [0, 0.05) is 22.4 Å². The van der Waals surface area contributed by atoms with E-state index in [0.29, 0.717) is 5.92 Å². The van der Waals surface area contributed by atoms with Crippen LogP contribution in [0.5, 0.6) is 0 Å². The Hall–Kier alpha value is -5.66. The summed E-state index contributed by atoms with van der Waals surface area (Å²) in [6, 6.07) is 57.1. The zero-order valence-electron chi connectivity index (χ0n) is 43.9. The summed E-state index contributed by atoms with van der Waals surface area (Å²) in [5, 5.41) is 0. The smallest absolute Gasteiger partial charge is 0.0549 e. The molecule has 0 atom stereocenters. The molecule has 0 bridgehead atoms. The molecule has 68 heavy (non-hydrogen) atoms. The molecule has 1 saturated carbocycles. The predicted octanol–water partition coefficient (Wildman–Crippen LogP) is 19.7. The van der Waals surface area contributed by atoms with E-state index in [1.165, 1.54) is 133 Å². The number of hydrogen-bond acceptors (Lipinski definition) is 1. The number of anilines is 3. The highest BCUT2D eigenvalue weighted by molar-refractivity contribution is 5.99. The average molecular weight is 896 g/mol. The van der Waals surface area contributed by atoms with E-state index >= 15 is 0 Å². The monoisotopic (exact) mass is 896 g/mol. The van der Waals surface area contributed by atoms with Crippen LogP contribution in [-0.4, -0.2) is 0 Å². The van der Waals surface area contributed by atoms with Gasteiger partial charge in [0.25, 0.3) is 0 Å². The Morgan fingerprint density at radius 2 is 0.926 bits per heavy atom. The van der Waals surface area contributed by atoms with Crippen molar-refractivity contribution >= 4 is 17.1 Å². The minimum absolute atomic E-state index is 0.00417. The van der Waals surface area contributed by atoms with Gasteiger partial charge in [0.2, 0.25) is 0 Å². The maximum Gasteiger partial charge on any atom is 0.0549 e. The lowest BCUT2D eigenvalue weighted by Gasteiger charge is -2.34. The molecule has 0 amide bonds. The van der Waals surface area contributed by atoms with Gasteiger partial charge in [0.15, 0.2) is 0 Å². The molecular formula is C67H77N. The standard InChI is InChI=1S/C67H77N/c1-63(2,3)50-35-47(48-36-51(64(4,5)6)40-52(37-48)65(7,8)9)34-49(38-50)58-41-53(66(10,11)12)42-61(62(58)45-26-19-16-20-27-45)68(54-29-23-28-46(39-54)44-24-17-15-18-25-44)55-32-33-57-56-30-21-22-31-59(56)67(13,14)60(57)43-55/h16,19-23,26-44H,15,17-18,24-25H2,1-14H3. The van der Waals surface area contributed by atoms with Crippen LogP contribution in [0.1, 0.15) is 174 Å². The van der Waals surface area contributed by atoms with Crippen LogP contribution in [0.25, 0.3) is 44.5 Å². The van der Waals surface area contributed by atoms with Gasteiger partial charge in [-0.25, -0.2) is 0 Å². The first kappa shape index (κ1) is 47.4. The highest BCUT2D eigenvalue weighted by Gasteiger charge is 2.36. The molecule has 0 aliphatic heterocycles. The first-order valence-corrected chi connectivity index (χ1v) is 25.7. The van der Waals surface area contributed by atoms with Crippen LogP contribution >= 0.6 is 0 Å². The van der Waals surface area contributed by atoms with Gasteiger partial charge in [0.05, 0.1) is 5.69 Å². The maximum atomic E-state index is 2.63. The molecule has 7 aromatic carbocycles. The van der Waals surface area contributed by atoms with Crippen molar-refractivity contribution in [3.05, 3.63) is 185 Å². The molecule has 1 nitrogen and oxygen atoms in total. The van der Waals surface area contributed by atoms with E-state index in [0.717, 1.165) is 0 Å². The van der Waals surface area contributed by atoms with Gasteiger partial charge >= 0.3 is 0 Å². The van der Waals surface area contributed by atoms with Gasteiger partial charge in [-0.15, -0.1) is 0 Å². The van der Waals surface area contributed by atoms with Crippen molar-refractivity contribution in [1.29, 1.82) is 0 Å². The SMILES string of the molecule is CC(C)(C)c1cc(-c2cc(C(C)(C)C)cc(C(C)(C)C)c2)cc(-c2cc(C(C)(C)C)cc(N(c3cccc(C4CCCCC4)c3)c3ccc4c(c3)C(C)(C)c3ccccc3-4)c2-c2ccccc2)c1. The molecule has 0 radical (unpaired) electrons. The summed E-state index contributed by atoms with van der Waals surface area (Å²) in [4.78, 5) is 2.63. The second-order valence-corrected chi connectivity index (χ2v) is 25.0. The molecule has 0 unspecified atom stereocenters. The van der Waals surface area contributed by atoms with Gasteiger partial charge in [-0.2, -0.15) is 0 Å². The van der Waals surface area contributed by atoms with Crippen molar-refractivity contribution in [3.63, 3.8) is 0 Å². The van der Waals surface area contributed by atoms with Gasteiger partial charge in [-0.1, -0.05) is 219 Å². The first-order chi connectivity index (χ1) is 32.0. The van der Waals surface area contributed by atoms with Crippen LogP contribution in [0.3, 0.4) is 0 Å². The Balaban J connectivity index is 1.38. The van der Waals surface area contributed by atoms with Crippen LogP contribution in [0.2, 0.25) is 0 Å². The van der Waals surface area contributed by atoms with Crippen LogP contribution in [0.4, 0.5) is 17.1 Å². The van der Waals surface area contributed by atoms with E-state index in [9.17, 15) is 0 Å². The molecule has 0 N–H and O–H groups in total. The molecule has 7 aromatic rings. The van der Waals surface area contributed by atoms with Gasteiger partial charge in [0.1, 0.15) is 0 Å². The van der Waals surface area contributed by atoms with Crippen LogP contribution in [0.15, 0.2) is 146 Å². The largest absolute Gasteiger partial charge is 0.310 e. The van der Waals surface area contributed by atoms with Crippen molar-refractivity contribution < 1.29 is 0 Å². The molecule has 9 rings (SSSR count). The van der Waals surface area contributed by atoms with E-state index in [-0.39, 0.29) is 27.1 Å². The third-order valence-electron chi connectivity index (χ3n) is 15.4. The third kappa shape index (κ3) is 9.16. The molecule has 0 aromatic heterocycles. The van der Waals surface area contributed by atoms with E-state index in [1.807, 2.05) is 0 Å². The van der Waals surface area contributed by atoms with Crippen molar-refractivity contribution in [2.75, 3.05) is 4.90 Å². The molecule has 0 spiro atoms. The fourth-order valence-electron chi connectivity index (χ4n) is 11.0. The lowest BCUT2D eigenvalue weighted by atomic mass is 9.77. The van der Waals surface area contributed by atoms with Crippen molar-refractivity contribution in [2.24, 2.45) is 0 Å². The Morgan fingerprint density at radius 1 is 0.397 bits per heavy atom. The number of rotatable bonds is 7. The molecule has 1 heteroatoms. The van der Waals surface area contributed by atoms with E-state index in [1.54, 1.807) is 0 Å². The Morgan fingerprint density at radius 3 is 1.56 bits per heavy atom. The topological polar surface area (TPSA) is 3.24 Å². The normalized spacial score (nSPS) is 15.3. The molecule has 2 aliphatic carbocycles. The summed E-state index contributed by atoms with van der Waals surface area (Å²) < 4.78 is 0. The van der Waals surface area contributed by atoms with Crippen LogP contribution in [-0.2, 0) is 27.1 Å². The zero-order chi connectivity index (χ0) is 48.6. The summed E-state index contributed by atoms with van der Waals surface area (Å²) >= 11 is 0. The fourth-order valence-corrected chi connectivity index (χ4v) is 11.0. The number of hydrogen-bond donors (Lipinski definition) is 0. The van der Waals surface area contributed by atoms with E-state index in [2.05, 4.69) is 247 Å². The predicted molar refractivity (Wildman–Crippen MR) is 296 cm³/mol. The Labute approximate surface area is 411 Å². The maximum absolute atomic E-state index is 2.63. The van der Waals surface area contributed by atoms with Crippen LogP contribution < -0.4 is 4.90 Å². The summed E-state index contributed by atoms with van der Waals surface area (Å²) in [5.41, 5.74) is 23.1. The molecule has 1 fully saturated rings. The average Bonchev–Trinajstić information content (AvgIpc) is 3.53. The summed E-state index contributed by atoms with van der Waals surface area (Å²) in [7, 11) is 0. The highest BCUT2D eigenvalue weighted by atomic mass is 15.1. The third-order valence-corrected chi connectivity index (χ3v) is 15.4. The first-order valence-electron chi connectivity index (χ1n) is 25.7. The Bertz CT molecular complexity index is 2950. The van der Waals surface area contributed by atoms with Crippen molar-refractivity contribution in [1.82, 2.24) is 0 Å². The Kier molecular flexibility index (Phi) is 12.1. The fraction of sp³-hybridized carbons (Fsp3) is 0.373. The highest BCUT2D eigenvalue weighted by Crippen LogP contribution is 2.53. The number of nitrogens with zero attached hydrogens (tertiary/aromatic N) is 1. The van der Waals surface area contributed by atoms with Gasteiger partial charge in [-0.3, -0.25) is 0 Å². The lowest BCUT2D eigenvalue weighted by molar-refractivity contribution is 0.443.